The van der Waals surface area contributed by atoms with Crippen LogP contribution in [0.3, 0.4) is 0 Å². The smallest absolute Gasteiger partial charge is 0.124 e. The summed E-state index contributed by atoms with van der Waals surface area (Å²) in [5.41, 5.74) is 6.25. The number of hydrogen-bond donors (Lipinski definition) is 1. The summed E-state index contributed by atoms with van der Waals surface area (Å²) in [6.07, 6.45) is 0. The Hall–Kier alpha value is -0.990. The number of nitrogens with two attached hydrogens (primary N) is 1. The van der Waals surface area contributed by atoms with Gasteiger partial charge in [-0.15, -0.1) is 0 Å². The van der Waals surface area contributed by atoms with Gasteiger partial charge in [-0.05, 0) is 24.3 Å². The lowest BCUT2D eigenvalue weighted by atomic mass is 10.2. The summed E-state index contributed by atoms with van der Waals surface area (Å²) in [5, 5.41) is 2.02. The molecule has 1 aromatic heterocycles. The van der Waals surface area contributed by atoms with Gasteiger partial charge in [0.05, 0.1) is 10.5 Å². The number of nitrogens with zero attached hydrogens (tertiary/aromatic N) is 1. The number of halogens is 2. The number of aromatic nitrogens is 1. The molecular weight excluding hydrogens is 207 g/mol. The number of rotatable bonds is 0. The fourth-order valence-electron chi connectivity index (χ4n) is 1.17. The molecular formula is C9H6Cl2N2. The van der Waals surface area contributed by atoms with Gasteiger partial charge < -0.3 is 5.73 Å². The molecule has 0 aliphatic carbocycles. The lowest BCUT2D eigenvalue weighted by Crippen LogP contribution is -1.89. The van der Waals surface area contributed by atoms with Crippen LogP contribution >= 0.6 is 23.2 Å². The van der Waals surface area contributed by atoms with Crippen LogP contribution in [0.5, 0.6) is 0 Å². The van der Waals surface area contributed by atoms with Crippen LogP contribution in [0.1, 0.15) is 0 Å². The minimum Gasteiger partial charge on any atom is -0.384 e. The van der Waals surface area contributed by atoms with Crippen molar-refractivity contribution < 1.29 is 0 Å². The van der Waals surface area contributed by atoms with Gasteiger partial charge in [0, 0.05) is 10.4 Å². The van der Waals surface area contributed by atoms with Gasteiger partial charge in [-0.2, -0.15) is 0 Å². The van der Waals surface area contributed by atoms with E-state index < -0.39 is 0 Å². The van der Waals surface area contributed by atoms with Crippen molar-refractivity contribution in [3.8, 4) is 0 Å². The number of fused-ring (bicyclic) bond motifs is 1. The van der Waals surface area contributed by atoms with Crippen molar-refractivity contribution >= 4 is 39.9 Å². The molecule has 0 fully saturated rings. The molecule has 0 unspecified atom stereocenters. The van der Waals surface area contributed by atoms with Gasteiger partial charge in [-0.1, -0.05) is 23.2 Å². The molecule has 0 radical (unpaired) electrons. The van der Waals surface area contributed by atoms with E-state index in [0.29, 0.717) is 15.9 Å². The first-order valence-electron chi connectivity index (χ1n) is 3.68. The third-order valence-corrected chi connectivity index (χ3v) is 2.27. The van der Waals surface area contributed by atoms with Crippen molar-refractivity contribution in [2.75, 3.05) is 5.73 Å². The quantitative estimate of drug-likeness (QED) is 0.730. The molecule has 0 saturated carbocycles. The van der Waals surface area contributed by atoms with E-state index in [-0.39, 0.29) is 0 Å². The summed E-state index contributed by atoms with van der Waals surface area (Å²) in [4.78, 5) is 4.11. The van der Waals surface area contributed by atoms with Gasteiger partial charge >= 0.3 is 0 Å². The fourth-order valence-corrected chi connectivity index (χ4v) is 1.72. The number of nitrogen functional groups attached to an aromatic ring is 1. The summed E-state index contributed by atoms with van der Waals surface area (Å²) in [5.74, 6) is 0.464. The van der Waals surface area contributed by atoms with E-state index in [4.69, 9.17) is 28.9 Å². The largest absolute Gasteiger partial charge is 0.384 e. The maximum atomic E-state index is 5.95. The van der Waals surface area contributed by atoms with E-state index in [2.05, 4.69) is 4.98 Å². The highest BCUT2D eigenvalue weighted by Gasteiger charge is 2.02. The molecule has 2 aromatic rings. The Balaban J connectivity index is 2.86. The van der Waals surface area contributed by atoms with Crippen molar-refractivity contribution in [2.24, 2.45) is 0 Å². The monoisotopic (exact) mass is 212 g/mol. The maximum Gasteiger partial charge on any atom is 0.124 e. The second kappa shape index (κ2) is 3.05. The van der Waals surface area contributed by atoms with Gasteiger partial charge in [0.15, 0.2) is 0 Å². The van der Waals surface area contributed by atoms with Gasteiger partial charge in [-0.3, -0.25) is 0 Å². The molecule has 0 aliphatic heterocycles. The zero-order valence-electron chi connectivity index (χ0n) is 6.59. The molecule has 0 amide bonds. The Kier molecular flexibility index (Phi) is 2.02. The first-order chi connectivity index (χ1) is 6.16. The Morgan fingerprint density at radius 2 is 1.92 bits per heavy atom. The lowest BCUT2D eigenvalue weighted by Gasteiger charge is -2.01. The van der Waals surface area contributed by atoms with Gasteiger partial charge in [0.2, 0.25) is 0 Å². The molecule has 0 spiro atoms. The minimum atomic E-state index is 0.464. The van der Waals surface area contributed by atoms with Crippen LogP contribution in [0.15, 0.2) is 24.3 Å². The standard InChI is InChI=1S/C9H6Cl2N2/c10-5-3-7(11)6-1-2-9(12)13-8(6)4-5/h1-4H,(H2,12,13). The second-order valence-corrected chi connectivity index (χ2v) is 3.53. The molecule has 13 heavy (non-hydrogen) atoms. The highest BCUT2D eigenvalue weighted by molar-refractivity contribution is 6.38. The van der Waals surface area contributed by atoms with Gasteiger partial charge in [-0.25, -0.2) is 4.98 Å². The zero-order valence-corrected chi connectivity index (χ0v) is 8.10. The Labute approximate surface area is 85.3 Å². The van der Waals surface area contributed by atoms with Gasteiger partial charge in [0.25, 0.3) is 0 Å². The maximum absolute atomic E-state index is 5.95. The minimum absolute atomic E-state index is 0.464. The van der Waals surface area contributed by atoms with E-state index >= 15 is 0 Å². The van der Waals surface area contributed by atoms with E-state index in [1.165, 1.54) is 0 Å². The Morgan fingerprint density at radius 1 is 1.15 bits per heavy atom. The van der Waals surface area contributed by atoms with Crippen molar-refractivity contribution in [3.05, 3.63) is 34.3 Å². The molecule has 66 valence electrons. The molecule has 2 nitrogen and oxygen atoms in total. The third kappa shape index (κ3) is 1.55. The highest BCUT2D eigenvalue weighted by atomic mass is 35.5. The lowest BCUT2D eigenvalue weighted by molar-refractivity contribution is 1.42. The average molecular weight is 213 g/mol. The number of hydrogen-bond acceptors (Lipinski definition) is 2. The van der Waals surface area contributed by atoms with E-state index in [1.807, 2.05) is 6.07 Å². The van der Waals surface area contributed by atoms with Crippen molar-refractivity contribution in [1.29, 1.82) is 0 Å². The predicted octanol–water partition coefficient (Wildman–Crippen LogP) is 3.12. The van der Waals surface area contributed by atoms with Crippen LogP contribution in [0.25, 0.3) is 10.9 Å². The predicted molar refractivity (Wildman–Crippen MR) is 56.2 cm³/mol. The molecule has 1 aromatic carbocycles. The van der Waals surface area contributed by atoms with Crippen LogP contribution in [0.2, 0.25) is 10.0 Å². The van der Waals surface area contributed by atoms with Crippen molar-refractivity contribution in [2.45, 2.75) is 0 Å². The fraction of sp³-hybridized carbons (Fsp3) is 0. The van der Waals surface area contributed by atoms with E-state index in [1.54, 1.807) is 18.2 Å². The van der Waals surface area contributed by atoms with E-state index in [0.717, 1.165) is 10.9 Å². The van der Waals surface area contributed by atoms with Gasteiger partial charge in [0.1, 0.15) is 5.82 Å². The molecule has 2 rings (SSSR count). The topological polar surface area (TPSA) is 38.9 Å². The third-order valence-electron chi connectivity index (χ3n) is 1.74. The van der Waals surface area contributed by atoms with E-state index in [9.17, 15) is 0 Å². The highest BCUT2D eigenvalue weighted by Crippen LogP contribution is 2.26. The summed E-state index contributed by atoms with van der Waals surface area (Å²) in [6.45, 7) is 0. The van der Waals surface area contributed by atoms with Crippen LogP contribution in [0.4, 0.5) is 5.82 Å². The Bertz CT molecular complexity index is 463. The average Bonchev–Trinajstić information content (AvgIpc) is 2.02. The number of benzene rings is 1. The summed E-state index contributed by atoms with van der Waals surface area (Å²) in [6, 6.07) is 6.96. The first kappa shape index (κ1) is 8.60. The molecule has 0 saturated heterocycles. The van der Waals surface area contributed by atoms with Crippen LogP contribution < -0.4 is 5.73 Å². The van der Waals surface area contributed by atoms with Crippen molar-refractivity contribution in [3.63, 3.8) is 0 Å². The van der Waals surface area contributed by atoms with Crippen LogP contribution in [-0.2, 0) is 0 Å². The van der Waals surface area contributed by atoms with Crippen molar-refractivity contribution in [1.82, 2.24) is 4.98 Å². The summed E-state index contributed by atoms with van der Waals surface area (Å²) < 4.78 is 0. The number of anilines is 1. The molecule has 0 bridgehead atoms. The summed E-state index contributed by atoms with van der Waals surface area (Å²) >= 11 is 11.8. The molecule has 0 aliphatic rings. The molecule has 2 N–H and O–H groups in total. The summed E-state index contributed by atoms with van der Waals surface area (Å²) in [7, 11) is 0. The number of pyridine rings is 1. The second-order valence-electron chi connectivity index (χ2n) is 2.69. The molecule has 4 heteroatoms. The van der Waals surface area contributed by atoms with Crippen LogP contribution in [-0.4, -0.2) is 4.98 Å². The zero-order chi connectivity index (χ0) is 9.42. The first-order valence-corrected chi connectivity index (χ1v) is 4.44. The normalized spacial score (nSPS) is 10.6. The van der Waals surface area contributed by atoms with Crippen LogP contribution in [0, 0.1) is 0 Å². The molecule has 0 atom stereocenters. The Morgan fingerprint density at radius 3 is 2.69 bits per heavy atom. The SMILES string of the molecule is Nc1ccc2c(Cl)cc(Cl)cc2n1. The molecule has 1 heterocycles.